The Morgan fingerprint density at radius 1 is 1.10 bits per heavy atom. The van der Waals surface area contributed by atoms with Gasteiger partial charge in [0, 0.05) is 30.9 Å². The number of carbonyl (C=O) groups excluding carboxylic acids is 2. The molecule has 0 radical (unpaired) electrons. The van der Waals surface area contributed by atoms with Crippen molar-refractivity contribution in [2.24, 2.45) is 0 Å². The van der Waals surface area contributed by atoms with Gasteiger partial charge in [-0.2, -0.15) is 0 Å². The van der Waals surface area contributed by atoms with Crippen molar-refractivity contribution >= 4 is 34.5 Å². The molecule has 152 valence electrons. The second-order valence-electron chi connectivity index (χ2n) is 7.09. The second kappa shape index (κ2) is 8.46. The van der Waals surface area contributed by atoms with Gasteiger partial charge < -0.3 is 10.2 Å². The number of amides is 2. The number of hydrogen-bond acceptors (Lipinski definition) is 5. The number of fused-ring (bicyclic) bond motifs is 1. The minimum Gasteiger partial charge on any atom is -0.333 e. The molecule has 0 saturated heterocycles. The van der Waals surface area contributed by atoms with Crippen LogP contribution >= 0.6 is 11.3 Å². The third-order valence-corrected chi connectivity index (χ3v) is 5.89. The van der Waals surface area contributed by atoms with Gasteiger partial charge in [0.15, 0.2) is 0 Å². The third-order valence-electron chi connectivity index (χ3n) is 5.03. The molecule has 0 atom stereocenters. The Balaban J connectivity index is 1.41. The van der Waals surface area contributed by atoms with Gasteiger partial charge in [-0.15, -0.1) is 11.3 Å². The van der Waals surface area contributed by atoms with E-state index in [0.717, 1.165) is 16.9 Å². The van der Waals surface area contributed by atoms with Gasteiger partial charge in [0.2, 0.25) is 5.91 Å². The van der Waals surface area contributed by atoms with Crippen molar-refractivity contribution in [3.63, 3.8) is 0 Å². The Bertz CT molecular complexity index is 1090. The summed E-state index contributed by atoms with van der Waals surface area (Å²) in [4.78, 5) is 37.8. The molecule has 0 aliphatic carbocycles. The third kappa shape index (κ3) is 4.38. The molecule has 1 aromatic heterocycles. The Morgan fingerprint density at radius 2 is 1.90 bits per heavy atom. The fourth-order valence-electron chi connectivity index (χ4n) is 3.49. The van der Waals surface area contributed by atoms with Crippen LogP contribution in [0.3, 0.4) is 0 Å². The van der Waals surface area contributed by atoms with Crippen LogP contribution in [0.4, 0.5) is 11.4 Å². The van der Waals surface area contributed by atoms with Gasteiger partial charge in [-0.3, -0.25) is 19.7 Å². The predicted octanol–water partition coefficient (Wildman–Crippen LogP) is 4.04. The molecule has 3 aromatic rings. The summed E-state index contributed by atoms with van der Waals surface area (Å²) in [5, 5.41) is 15.5. The standard InChI is InChI=1S/C22H19N3O4S/c26-21(12-15-3-7-19(8-4-15)25(28)29)23-18-6-5-16-9-10-24(14-17(16)13-18)22(27)20-2-1-11-30-20/h1-8,11,13H,9-10,12,14H2,(H,23,26). The van der Waals surface area contributed by atoms with E-state index in [2.05, 4.69) is 5.32 Å². The number of nitrogens with zero attached hydrogens (tertiary/aromatic N) is 2. The van der Waals surface area contributed by atoms with Gasteiger partial charge in [-0.05, 0) is 46.7 Å². The molecule has 4 rings (SSSR count). The molecule has 0 unspecified atom stereocenters. The van der Waals surface area contributed by atoms with Gasteiger partial charge in [0.05, 0.1) is 16.2 Å². The summed E-state index contributed by atoms with van der Waals surface area (Å²) in [7, 11) is 0. The molecule has 0 saturated carbocycles. The van der Waals surface area contributed by atoms with Crippen molar-refractivity contribution in [2.45, 2.75) is 19.4 Å². The maximum Gasteiger partial charge on any atom is 0.269 e. The smallest absolute Gasteiger partial charge is 0.269 e. The summed E-state index contributed by atoms with van der Waals surface area (Å²) in [5.41, 5.74) is 3.57. The first kappa shape index (κ1) is 19.8. The number of benzene rings is 2. The minimum absolute atomic E-state index is 0.00417. The number of nitro groups is 1. The highest BCUT2D eigenvalue weighted by Gasteiger charge is 2.22. The number of carbonyl (C=O) groups is 2. The van der Waals surface area contributed by atoms with Crippen molar-refractivity contribution in [1.82, 2.24) is 4.90 Å². The van der Waals surface area contributed by atoms with E-state index in [0.29, 0.717) is 24.3 Å². The molecule has 2 heterocycles. The van der Waals surface area contributed by atoms with E-state index >= 15 is 0 Å². The summed E-state index contributed by atoms with van der Waals surface area (Å²) in [5.74, 6) is -0.172. The maximum atomic E-state index is 12.6. The van der Waals surface area contributed by atoms with Crippen LogP contribution in [0.2, 0.25) is 0 Å². The summed E-state index contributed by atoms with van der Waals surface area (Å²) in [6.07, 6.45) is 0.904. The first-order chi connectivity index (χ1) is 14.5. The number of anilines is 1. The van der Waals surface area contributed by atoms with Crippen molar-refractivity contribution < 1.29 is 14.5 Å². The molecule has 7 nitrogen and oxygen atoms in total. The van der Waals surface area contributed by atoms with Crippen molar-refractivity contribution in [2.75, 3.05) is 11.9 Å². The Kier molecular flexibility index (Phi) is 5.58. The van der Waals surface area contributed by atoms with Gasteiger partial charge in [-0.1, -0.05) is 24.3 Å². The van der Waals surface area contributed by atoms with Crippen LogP contribution in [0, 0.1) is 10.1 Å². The largest absolute Gasteiger partial charge is 0.333 e. The summed E-state index contributed by atoms with van der Waals surface area (Å²) >= 11 is 1.44. The Labute approximate surface area is 177 Å². The monoisotopic (exact) mass is 421 g/mol. The maximum absolute atomic E-state index is 12.6. The highest BCUT2D eigenvalue weighted by molar-refractivity contribution is 7.12. The lowest BCUT2D eigenvalue weighted by atomic mass is 9.98. The van der Waals surface area contributed by atoms with Crippen LogP contribution < -0.4 is 5.32 Å². The van der Waals surface area contributed by atoms with E-state index in [-0.39, 0.29) is 23.9 Å². The molecule has 2 amide bonds. The lowest BCUT2D eigenvalue weighted by molar-refractivity contribution is -0.384. The normalized spacial score (nSPS) is 12.9. The molecule has 8 heteroatoms. The molecule has 1 aliphatic rings. The Morgan fingerprint density at radius 3 is 2.60 bits per heavy atom. The highest BCUT2D eigenvalue weighted by Crippen LogP contribution is 2.25. The molecular weight excluding hydrogens is 402 g/mol. The van der Waals surface area contributed by atoms with Crippen LogP contribution in [-0.2, 0) is 24.2 Å². The second-order valence-corrected chi connectivity index (χ2v) is 8.03. The van der Waals surface area contributed by atoms with E-state index in [1.807, 2.05) is 40.6 Å². The number of non-ortho nitro benzene ring substituents is 1. The number of rotatable bonds is 5. The van der Waals surface area contributed by atoms with Crippen molar-refractivity contribution in [1.29, 1.82) is 0 Å². The molecule has 1 aliphatic heterocycles. The van der Waals surface area contributed by atoms with Gasteiger partial charge in [0.25, 0.3) is 11.6 Å². The van der Waals surface area contributed by atoms with Crippen molar-refractivity contribution in [3.05, 3.63) is 91.7 Å². The first-order valence-corrected chi connectivity index (χ1v) is 10.4. The molecule has 1 N–H and O–H groups in total. The zero-order valence-corrected chi connectivity index (χ0v) is 16.9. The van der Waals surface area contributed by atoms with E-state index in [4.69, 9.17) is 0 Å². The zero-order chi connectivity index (χ0) is 21.1. The fraction of sp³-hybridized carbons (Fsp3) is 0.182. The van der Waals surface area contributed by atoms with Crippen LogP contribution in [0.25, 0.3) is 0 Å². The van der Waals surface area contributed by atoms with Gasteiger partial charge in [0.1, 0.15) is 0 Å². The van der Waals surface area contributed by atoms with Gasteiger partial charge >= 0.3 is 0 Å². The number of hydrogen-bond donors (Lipinski definition) is 1. The van der Waals surface area contributed by atoms with Crippen molar-refractivity contribution in [3.8, 4) is 0 Å². The van der Waals surface area contributed by atoms with E-state index in [9.17, 15) is 19.7 Å². The SMILES string of the molecule is O=C(Cc1ccc([N+](=O)[O-])cc1)Nc1ccc2c(c1)CN(C(=O)c1cccs1)CC2. The first-order valence-electron chi connectivity index (χ1n) is 9.47. The van der Waals surface area contributed by atoms with E-state index < -0.39 is 4.92 Å². The van der Waals surface area contributed by atoms with Crippen LogP contribution in [0.5, 0.6) is 0 Å². The van der Waals surface area contributed by atoms with Gasteiger partial charge in [-0.25, -0.2) is 0 Å². The number of thiophene rings is 1. The lowest BCUT2D eigenvalue weighted by Crippen LogP contribution is -2.35. The Hall–Kier alpha value is -3.52. The van der Waals surface area contributed by atoms with E-state index in [1.54, 1.807) is 12.1 Å². The topological polar surface area (TPSA) is 92.5 Å². The van der Waals surface area contributed by atoms with E-state index in [1.165, 1.54) is 29.0 Å². The van der Waals surface area contributed by atoms with Crippen LogP contribution in [0.1, 0.15) is 26.4 Å². The number of nitro benzene ring substituents is 1. The van der Waals surface area contributed by atoms with Crippen LogP contribution in [0.15, 0.2) is 60.0 Å². The zero-order valence-electron chi connectivity index (χ0n) is 16.0. The molecule has 2 aromatic carbocycles. The number of nitrogens with one attached hydrogen (secondary N) is 1. The lowest BCUT2D eigenvalue weighted by Gasteiger charge is -2.29. The molecule has 0 bridgehead atoms. The molecule has 0 spiro atoms. The summed E-state index contributed by atoms with van der Waals surface area (Å²) in [6.45, 7) is 1.19. The van der Waals surface area contributed by atoms with Crippen LogP contribution in [-0.4, -0.2) is 28.2 Å². The quantitative estimate of drug-likeness (QED) is 0.497. The average molecular weight is 421 g/mol. The average Bonchev–Trinajstić information content (AvgIpc) is 3.28. The molecule has 0 fully saturated rings. The molecule has 30 heavy (non-hydrogen) atoms. The molecular formula is C22H19N3O4S. The summed E-state index contributed by atoms with van der Waals surface area (Å²) < 4.78 is 0. The predicted molar refractivity (Wildman–Crippen MR) is 115 cm³/mol. The highest BCUT2D eigenvalue weighted by atomic mass is 32.1. The minimum atomic E-state index is -0.469. The summed E-state index contributed by atoms with van der Waals surface area (Å²) in [6, 6.07) is 15.4. The fourth-order valence-corrected chi connectivity index (χ4v) is 4.18.